The van der Waals surface area contributed by atoms with Gasteiger partial charge in [0.2, 0.25) is 0 Å². The van der Waals surface area contributed by atoms with E-state index in [0.717, 1.165) is 37.1 Å². The molecule has 0 atom stereocenters. The summed E-state index contributed by atoms with van der Waals surface area (Å²) in [4.78, 5) is 45.1. The van der Waals surface area contributed by atoms with Gasteiger partial charge in [0.1, 0.15) is 17.1 Å². The number of esters is 1. The molecular weight excluding hydrogens is 396 g/mol. The molecular formula is C23H28N4O4. The Morgan fingerprint density at radius 2 is 1.84 bits per heavy atom. The summed E-state index contributed by atoms with van der Waals surface area (Å²) in [5.74, 6) is 1.26. The van der Waals surface area contributed by atoms with Gasteiger partial charge in [0.25, 0.3) is 5.56 Å². The van der Waals surface area contributed by atoms with Gasteiger partial charge < -0.3 is 9.72 Å². The Bertz CT molecular complexity index is 1200. The number of hydrogen-bond donors (Lipinski definition) is 1. The van der Waals surface area contributed by atoms with Crippen molar-refractivity contribution < 1.29 is 9.53 Å². The summed E-state index contributed by atoms with van der Waals surface area (Å²) in [6, 6.07) is 7.22. The zero-order valence-electron chi connectivity index (χ0n) is 18.0. The van der Waals surface area contributed by atoms with Crippen LogP contribution in [0.25, 0.3) is 11.2 Å². The molecule has 0 aliphatic heterocycles. The van der Waals surface area contributed by atoms with E-state index in [4.69, 9.17) is 9.72 Å². The molecule has 8 nitrogen and oxygen atoms in total. The molecule has 1 aromatic carbocycles. The summed E-state index contributed by atoms with van der Waals surface area (Å²) in [6.07, 6.45) is 5.73. The molecule has 1 fully saturated rings. The number of nitrogens with one attached hydrogen (secondary N) is 1. The molecule has 1 aliphatic rings. The number of aromatic amines is 1. The van der Waals surface area contributed by atoms with Crippen molar-refractivity contribution in [3.8, 4) is 5.75 Å². The van der Waals surface area contributed by atoms with Crippen LogP contribution in [0.2, 0.25) is 0 Å². The minimum Gasteiger partial charge on any atom is -0.427 e. The van der Waals surface area contributed by atoms with Crippen LogP contribution in [0.15, 0.2) is 33.9 Å². The number of benzene rings is 1. The minimum absolute atomic E-state index is 0.291. The van der Waals surface area contributed by atoms with Gasteiger partial charge in [-0.05, 0) is 43.4 Å². The van der Waals surface area contributed by atoms with E-state index in [1.807, 2.05) is 19.1 Å². The number of carbonyl (C=O) groups excluding carboxylic acids is 1. The number of H-pyrrole nitrogens is 1. The van der Waals surface area contributed by atoms with Crippen LogP contribution < -0.4 is 16.0 Å². The molecule has 0 bridgehead atoms. The molecule has 1 saturated carbocycles. The number of fused-ring (bicyclic) bond motifs is 1. The first kappa shape index (κ1) is 21.1. The van der Waals surface area contributed by atoms with Gasteiger partial charge in [0, 0.05) is 25.9 Å². The first-order chi connectivity index (χ1) is 15.0. The molecule has 164 valence electrons. The second-order valence-corrected chi connectivity index (χ2v) is 8.18. The lowest BCUT2D eigenvalue weighted by molar-refractivity contribution is -0.131. The summed E-state index contributed by atoms with van der Waals surface area (Å²) >= 11 is 0. The maximum absolute atomic E-state index is 13.1. The largest absolute Gasteiger partial charge is 0.427 e. The van der Waals surface area contributed by atoms with E-state index in [-0.39, 0.29) is 17.2 Å². The summed E-state index contributed by atoms with van der Waals surface area (Å²) in [7, 11) is 0. The Kier molecular flexibility index (Phi) is 6.06. The molecule has 3 aromatic rings. The fraction of sp³-hybridized carbons (Fsp3) is 0.478. The Balaban J connectivity index is 1.68. The topological polar surface area (TPSA) is 99.0 Å². The number of carbonyl (C=O) groups is 1. The predicted molar refractivity (Wildman–Crippen MR) is 118 cm³/mol. The van der Waals surface area contributed by atoms with Crippen molar-refractivity contribution in [2.24, 2.45) is 0 Å². The predicted octanol–water partition coefficient (Wildman–Crippen LogP) is 3.12. The molecule has 0 radical (unpaired) electrons. The van der Waals surface area contributed by atoms with Gasteiger partial charge in [-0.1, -0.05) is 31.9 Å². The van der Waals surface area contributed by atoms with E-state index in [1.165, 1.54) is 11.5 Å². The number of ether oxygens (including phenoxy) is 1. The standard InChI is InChI=1S/C23H28N4O4/c1-3-13-27-22(29)19-21(25-20(24-19)17-6-4-5-7-17)26(23(27)30)14-12-16-8-10-18(11-9-16)31-15(2)28/h8-11,17H,3-7,12-14H2,1-2H3,(H,24,25). The lowest BCUT2D eigenvalue weighted by atomic mass is 10.1. The highest BCUT2D eigenvalue weighted by Gasteiger charge is 2.23. The molecule has 0 saturated heterocycles. The van der Waals surface area contributed by atoms with Crippen LogP contribution in [0, 0.1) is 0 Å². The fourth-order valence-corrected chi connectivity index (χ4v) is 4.33. The maximum Gasteiger partial charge on any atom is 0.332 e. The van der Waals surface area contributed by atoms with Crippen molar-refractivity contribution in [2.45, 2.75) is 71.4 Å². The third-order valence-electron chi connectivity index (χ3n) is 5.88. The molecule has 1 aliphatic carbocycles. The second kappa shape index (κ2) is 8.91. The van der Waals surface area contributed by atoms with Gasteiger partial charge >= 0.3 is 11.7 Å². The summed E-state index contributed by atoms with van der Waals surface area (Å²) < 4.78 is 7.99. The Hall–Kier alpha value is -3.16. The fourth-order valence-electron chi connectivity index (χ4n) is 4.33. The minimum atomic E-state index is -0.364. The zero-order chi connectivity index (χ0) is 22.0. The monoisotopic (exact) mass is 424 g/mol. The summed E-state index contributed by atoms with van der Waals surface area (Å²) in [5.41, 5.74) is 1.25. The van der Waals surface area contributed by atoms with Crippen molar-refractivity contribution >= 4 is 17.1 Å². The average molecular weight is 425 g/mol. The highest BCUT2D eigenvalue weighted by molar-refractivity contribution is 5.70. The average Bonchev–Trinajstić information content (AvgIpc) is 3.42. The molecule has 2 heterocycles. The van der Waals surface area contributed by atoms with E-state index >= 15 is 0 Å². The lowest BCUT2D eigenvalue weighted by Crippen LogP contribution is -2.40. The van der Waals surface area contributed by atoms with Crippen molar-refractivity contribution in [2.75, 3.05) is 0 Å². The van der Waals surface area contributed by atoms with Crippen LogP contribution in [0.4, 0.5) is 0 Å². The van der Waals surface area contributed by atoms with E-state index in [2.05, 4.69) is 4.98 Å². The van der Waals surface area contributed by atoms with Gasteiger partial charge in [0.15, 0.2) is 5.65 Å². The molecule has 2 aromatic heterocycles. The summed E-state index contributed by atoms with van der Waals surface area (Å²) in [6.45, 7) is 4.09. The molecule has 0 amide bonds. The smallest absolute Gasteiger partial charge is 0.332 e. The van der Waals surface area contributed by atoms with Gasteiger partial charge in [-0.25, -0.2) is 9.78 Å². The number of nitrogens with zero attached hydrogens (tertiary/aromatic N) is 3. The highest BCUT2D eigenvalue weighted by Crippen LogP contribution is 2.32. The quantitative estimate of drug-likeness (QED) is 0.464. The SMILES string of the molecule is CCCn1c(=O)c2[nH]c(C3CCCC3)nc2n(CCc2ccc(OC(C)=O)cc2)c1=O. The van der Waals surface area contributed by atoms with E-state index in [1.54, 1.807) is 16.7 Å². The van der Waals surface area contributed by atoms with Gasteiger partial charge in [-0.2, -0.15) is 0 Å². The van der Waals surface area contributed by atoms with Crippen LogP contribution in [-0.4, -0.2) is 25.1 Å². The molecule has 0 unspecified atom stereocenters. The number of aromatic nitrogens is 4. The molecule has 0 spiro atoms. The zero-order valence-corrected chi connectivity index (χ0v) is 18.0. The van der Waals surface area contributed by atoms with Crippen molar-refractivity contribution in [3.05, 3.63) is 56.5 Å². The van der Waals surface area contributed by atoms with E-state index < -0.39 is 0 Å². The first-order valence-corrected chi connectivity index (χ1v) is 11.0. The van der Waals surface area contributed by atoms with E-state index in [0.29, 0.717) is 48.8 Å². The number of imidazole rings is 1. The van der Waals surface area contributed by atoms with Crippen LogP contribution in [0.1, 0.15) is 63.3 Å². The summed E-state index contributed by atoms with van der Waals surface area (Å²) in [5, 5.41) is 0. The van der Waals surface area contributed by atoms with Gasteiger partial charge in [-0.15, -0.1) is 0 Å². The number of hydrogen-bond acceptors (Lipinski definition) is 5. The van der Waals surface area contributed by atoms with Crippen LogP contribution in [0.5, 0.6) is 5.75 Å². The molecule has 1 N–H and O–H groups in total. The number of aryl methyl sites for hydroxylation is 2. The molecule has 31 heavy (non-hydrogen) atoms. The van der Waals surface area contributed by atoms with Gasteiger partial charge in [0.05, 0.1) is 0 Å². The third-order valence-corrected chi connectivity index (χ3v) is 5.88. The lowest BCUT2D eigenvalue weighted by Gasteiger charge is -2.11. The normalized spacial score (nSPS) is 14.4. The van der Waals surface area contributed by atoms with Crippen molar-refractivity contribution in [1.29, 1.82) is 0 Å². The maximum atomic E-state index is 13.1. The highest BCUT2D eigenvalue weighted by atomic mass is 16.5. The second-order valence-electron chi connectivity index (χ2n) is 8.18. The van der Waals surface area contributed by atoms with Gasteiger partial charge in [-0.3, -0.25) is 18.7 Å². The first-order valence-electron chi connectivity index (χ1n) is 11.0. The Labute approximate surface area is 179 Å². The Morgan fingerprint density at radius 3 is 2.48 bits per heavy atom. The van der Waals surface area contributed by atoms with Crippen molar-refractivity contribution in [1.82, 2.24) is 19.1 Å². The third kappa shape index (κ3) is 4.33. The molecule has 8 heteroatoms. The van der Waals surface area contributed by atoms with Crippen molar-refractivity contribution in [3.63, 3.8) is 0 Å². The Morgan fingerprint density at radius 1 is 1.13 bits per heavy atom. The van der Waals surface area contributed by atoms with Crippen LogP contribution in [-0.2, 0) is 24.3 Å². The molecule has 4 rings (SSSR count). The van der Waals surface area contributed by atoms with E-state index in [9.17, 15) is 14.4 Å². The van der Waals surface area contributed by atoms with Crippen LogP contribution in [0.3, 0.4) is 0 Å². The van der Waals surface area contributed by atoms with Crippen LogP contribution >= 0.6 is 0 Å². The number of rotatable bonds is 7.